The SMILES string of the molecule is CN(C)C(C)(CN)COc1cccc2ccccc12. The Kier molecular flexibility index (Phi) is 4.08. The Morgan fingerprint density at radius 3 is 2.47 bits per heavy atom. The van der Waals surface area contributed by atoms with Crippen molar-refractivity contribution < 1.29 is 4.74 Å². The second-order valence-electron chi connectivity index (χ2n) is 5.36. The summed E-state index contributed by atoms with van der Waals surface area (Å²) in [6.45, 7) is 3.24. The van der Waals surface area contributed by atoms with Crippen LogP contribution in [0.2, 0.25) is 0 Å². The van der Waals surface area contributed by atoms with E-state index in [2.05, 4.69) is 30.0 Å². The summed E-state index contributed by atoms with van der Waals surface area (Å²) in [5, 5.41) is 2.34. The van der Waals surface area contributed by atoms with Gasteiger partial charge in [-0.2, -0.15) is 0 Å². The fourth-order valence-corrected chi connectivity index (χ4v) is 1.93. The molecule has 19 heavy (non-hydrogen) atoms. The quantitative estimate of drug-likeness (QED) is 0.895. The highest BCUT2D eigenvalue weighted by atomic mass is 16.5. The Balaban J connectivity index is 2.23. The van der Waals surface area contributed by atoms with Gasteiger partial charge in [0, 0.05) is 11.9 Å². The standard InChI is InChI=1S/C16H22N2O/c1-16(11-17,18(2)3)12-19-15-10-6-8-13-7-4-5-9-14(13)15/h4-10H,11-12,17H2,1-3H3. The van der Waals surface area contributed by atoms with Crippen LogP contribution in [0.25, 0.3) is 10.8 Å². The van der Waals surface area contributed by atoms with Crippen molar-refractivity contribution in [3.8, 4) is 5.75 Å². The van der Waals surface area contributed by atoms with Gasteiger partial charge in [-0.3, -0.25) is 4.90 Å². The lowest BCUT2D eigenvalue weighted by Gasteiger charge is -2.35. The van der Waals surface area contributed by atoms with Crippen LogP contribution in [0.4, 0.5) is 0 Å². The second kappa shape index (κ2) is 5.59. The Morgan fingerprint density at radius 1 is 1.11 bits per heavy atom. The third-order valence-electron chi connectivity index (χ3n) is 3.81. The lowest BCUT2D eigenvalue weighted by atomic mass is 10.0. The van der Waals surface area contributed by atoms with Crippen LogP contribution in [-0.4, -0.2) is 37.7 Å². The Morgan fingerprint density at radius 2 is 1.79 bits per heavy atom. The third kappa shape index (κ3) is 2.88. The predicted molar refractivity (Wildman–Crippen MR) is 80.6 cm³/mol. The number of hydrogen-bond acceptors (Lipinski definition) is 3. The summed E-state index contributed by atoms with van der Waals surface area (Å²) in [7, 11) is 4.05. The monoisotopic (exact) mass is 258 g/mol. The van der Waals surface area contributed by atoms with E-state index in [1.54, 1.807) is 0 Å². The molecular formula is C16H22N2O. The minimum absolute atomic E-state index is 0.156. The summed E-state index contributed by atoms with van der Waals surface area (Å²) in [5.41, 5.74) is 5.71. The predicted octanol–water partition coefficient (Wildman–Crippen LogP) is 2.50. The van der Waals surface area contributed by atoms with E-state index in [0.717, 1.165) is 11.1 Å². The highest BCUT2D eigenvalue weighted by molar-refractivity contribution is 5.88. The van der Waals surface area contributed by atoms with Gasteiger partial charge in [-0.25, -0.2) is 0 Å². The molecule has 1 unspecified atom stereocenters. The second-order valence-corrected chi connectivity index (χ2v) is 5.36. The van der Waals surface area contributed by atoms with Crippen LogP contribution >= 0.6 is 0 Å². The Bertz CT molecular complexity index is 548. The summed E-state index contributed by atoms with van der Waals surface area (Å²) in [4.78, 5) is 2.11. The molecule has 0 aliphatic rings. The van der Waals surface area contributed by atoms with Gasteiger partial charge < -0.3 is 10.5 Å². The topological polar surface area (TPSA) is 38.5 Å². The minimum Gasteiger partial charge on any atom is -0.491 e. The highest BCUT2D eigenvalue weighted by Crippen LogP contribution is 2.26. The van der Waals surface area contributed by atoms with Crippen molar-refractivity contribution in [2.45, 2.75) is 12.5 Å². The van der Waals surface area contributed by atoms with Crippen molar-refractivity contribution in [1.82, 2.24) is 4.90 Å². The fraction of sp³-hybridized carbons (Fsp3) is 0.375. The molecule has 0 aliphatic carbocycles. The number of hydrogen-bond donors (Lipinski definition) is 1. The summed E-state index contributed by atoms with van der Waals surface area (Å²) in [6, 6.07) is 14.4. The summed E-state index contributed by atoms with van der Waals surface area (Å²) in [6.07, 6.45) is 0. The first kappa shape index (κ1) is 13.8. The molecule has 0 amide bonds. The molecule has 0 heterocycles. The minimum atomic E-state index is -0.156. The Labute approximate surface area is 115 Å². The molecule has 0 fully saturated rings. The maximum absolute atomic E-state index is 6.01. The zero-order valence-corrected chi connectivity index (χ0v) is 11.9. The average Bonchev–Trinajstić information content (AvgIpc) is 2.44. The summed E-state index contributed by atoms with van der Waals surface area (Å²) in [5.74, 6) is 0.916. The van der Waals surface area contributed by atoms with Crippen LogP contribution in [0.1, 0.15) is 6.92 Å². The largest absolute Gasteiger partial charge is 0.491 e. The smallest absolute Gasteiger partial charge is 0.127 e. The number of ether oxygens (including phenoxy) is 1. The third-order valence-corrected chi connectivity index (χ3v) is 3.81. The lowest BCUT2D eigenvalue weighted by molar-refractivity contribution is 0.105. The van der Waals surface area contributed by atoms with E-state index in [9.17, 15) is 0 Å². The van der Waals surface area contributed by atoms with Gasteiger partial charge in [-0.1, -0.05) is 36.4 Å². The van der Waals surface area contributed by atoms with Crippen molar-refractivity contribution in [2.75, 3.05) is 27.2 Å². The fourth-order valence-electron chi connectivity index (χ4n) is 1.93. The molecule has 0 bridgehead atoms. The van der Waals surface area contributed by atoms with E-state index in [4.69, 9.17) is 10.5 Å². The van der Waals surface area contributed by atoms with Crippen molar-refractivity contribution in [1.29, 1.82) is 0 Å². The molecule has 2 N–H and O–H groups in total. The molecule has 1 atom stereocenters. The van der Waals surface area contributed by atoms with Crippen LogP contribution in [0, 0.1) is 0 Å². The number of fused-ring (bicyclic) bond motifs is 1. The van der Waals surface area contributed by atoms with E-state index in [0.29, 0.717) is 13.2 Å². The molecular weight excluding hydrogens is 236 g/mol. The van der Waals surface area contributed by atoms with Gasteiger partial charge in [0.15, 0.2) is 0 Å². The molecule has 0 spiro atoms. The molecule has 0 saturated carbocycles. The van der Waals surface area contributed by atoms with Crippen molar-refractivity contribution in [2.24, 2.45) is 5.73 Å². The van der Waals surface area contributed by atoms with Crippen molar-refractivity contribution >= 4 is 10.8 Å². The highest BCUT2D eigenvalue weighted by Gasteiger charge is 2.26. The molecule has 0 aromatic heterocycles. The van der Waals surface area contributed by atoms with E-state index in [1.807, 2.05) is 38.4 Å². The van der Waals surface area contributed by atoms with Gasteiger partial charge in [-0.15, -0.1) is 0 Å². The van der Waals surface area contributed by atoms with Gasteiger partial charge in [0.1, 0.15) is 12.4 Å². The number of nitrogens with two attached hydrogens (primary N) is 1. The lowest BCUT2D eigenvalue weighted by Crippen LogP contribution is -2.52. The first-order chi connectivity index (χ1) is 9.07. The first-order valence-electron chi connectivity index (χ1n) is 6.55. The molecule has 3 heteroatoms. The zero-order chi connectivity index (χ0) is 13.9. The van der Waals surface area contributed by atoms with Crippen molar-refractivity contribution in [3.63, 3.8) is 0 Å². The zero-order valence-electron chi connectivity index (χ0n) is 11.9. The van der Waals surface area contributed by atoms with Gasteiger partial charge in [-0.05, 0) is 32.5 Å². The normalized spacial score (nSPS) is 14.6. The Hall–Kier alpha value is -1.58. The molecule has 2 aromatic carbocycles. The van der Waals surface area contributed by atoms with Gasteiger partial charge in [0.05, 0.1) is 5.54 Å². The molecule has 0 saturated heterocycles. The number of benzene rings is 2. The molecule has 3 nitrogen and oxygen atoms in total. The van der Waals surface area contributed by atoms with Gasteiger partial charge >= 0.3 is 0 Å². The van der Waals surface area contributed by atoms with Crippen LogP contribution in [-0.2, 0) is 0 Å². The first-order valence-corrected chi connectivity index (χ1v) is 6.55. The van der Waals surface area contributed by atoms with E-state index in [-0.39, 0.29) is 5.54 Å². The van der Waals surface area contributed by atoms with Crippen LogP contribution in [0.5, 0.6) is 5.75 Å². The molecule has 0 aliphatic heterocycles. The maximum atomic E-state index is 6.01. The van der Waals surface area contributed by atoms with E-state index in [1.165, 1.54) is 5.39 Å². The molecule has 2 rings (SSSR count). The van der Waals surface area contributed by atoms with Crippen LogP contribution in [0.3, 0.4) is 0 Å². The van der Waals surface area contributed by atoms with E-state index < -0.39 is 0 Å². The summed E-state index contributed by atoms with van der Waals surface area (Å²) >= 11 is 0. The molecule has 102 valence electrons. The average molecular weight is 258 g/mol. The molecule has 2 aromatic rings. The van der Waals surface area contributed by atoms with Crippen LogP contribution in [0.15, 0.2) is 42.5 Å². The van der Waals surface area contributed by atoms with E-state index >= 15 is 0 Å². The maximum Gasteiger partial charge on any atom is 0.127 e. The number of likely N-dealkylation sites (N-methyl/N-ethyl adjacent to an activating group) is 1. The van der Waals surface area contributed by atoms with Gasteiger partial charge in [0.25, 0.3) is 0 Å². The number of rotatable bonds is 5. The number of nitrogens with zero attached hydrogens (tertiary/aromatic N) is 1. The summed E-state index contributed by atoms with van der Waals surface area (Å²) < 4.78 is 6.01. The van der Waals surface area contributed by atoms with Gasteiger partial charge in [0.2, 0.25) is 0 Å². The molecule has 0 radical (unpaired) electrons. The van der Waals surface area contributed by atoms with Crippen LogP contribution < -0.4 is 10.5 Å². The van der Waals surface area contributed by atoms with Crippen molar-refractivity contribution in [3.05, 3.63) is 42.5 Å².